The maximum Gasteiger partial charge on any atom is 0.513 e. The first kappa shape index (κ1) is 29.5. The van der Waals surface area contributed by atoms with Crippen molar-refractivity contribution in [2.45, 2.75) is 92.9 Å². The number of carbonyl (C=O) groups excluding carboxylic acids is 2. The summed E-state index contributed by atoms with van der Waals surface area (Å²) in [4.78, 5) is 25.2. The summed E-state index contributed by atoms with van der Waals surface area (Å²) in [5.41, 5.74) is 1.42. The maximum absolute atomic E-state index is 12.6. The summed E-state index contributed by atoms with van der Waals surface area (Å²) in [5, 5.41) is 1.35. The van der Waals surface area contributed by atoms with Gasteiger partial charge in [-0.1, -0.05) is 90.5 Å². The van der Waals surface area contributed by atoms with Gasteiger partial charge in [-0.05, 0) is 49.7 Å². The minimum absolute atomic E-state index is 0.327. The van der Waals surface area contributed by atoms with Gasteiger partial charge in [0.05, 0.1) is 13.2 Å². The van der Waals surface area contributed by atoms with Crippen molar-refractivity contribution >= 4 is 23.1 Å². The molecule has 0 aliphatic carbocycles. The fourth-order valence-corrected chi connectivity index (χ4v) is 4.28. The monoisotopic (exact) mass is 500 g/mol. The lowest BCUT2D eigenvalue weighted by Gasteiger charge is -2.19. The van der Waals surface area contributed by atoms with Crippen LogP contribution in [-0.2, 0) is 9.47 Å². The lowest BCUT2D eigenvalue weighted by molar-refractivity contribution is 0.0796. The Labute approximate surface area is 216 Å². The average molecular weight is 501 g/mol. The third-order valence-corrected chi connectivity index (χ3v) is 6.99. The first-order valence-electron chi connectivity index (χ1n) is 13.6. The number of hydrogen-bond donors (Lipinski definition) is 0. The van der Waals surface area contributed by atoms with E-state index in [1.54, 1.807) is 0 Å². The molecular weight excluding hydrogens is 456 g/mol. The van der Waals surface area contributed by atoms with E-state index < -0.39 is 12.3 Å². The van der Waals surface area contributed by atoms with Crippen LogP contribution in [0.4, 0.5) is 9.59 Å². The molecule has 6 heteroatoms. The Morgan fingerprint density at radius 3 is 1.42 bits per heavy atom. The van der Waals surface area contributed by atoms with Gasteiger partial charge in [-0.25, -0.2) is 9.59 Å². The van der Waals surface area contributed by atoms with Gasteiger partial charge in [0.25, 0.3) is 0 Å². The molecule has 0 radical (unpaired) electrons. The predicted octanol–water partition coefficient (Wildman–Crippen LogP) is 8.92. The molecule has 0 aliphatic heterocycles. The zero-order valence-corrected chi connectivity index (χ0v) is 23.0. The summed E-state index contributed by atoms with van der Waals surface area (Å²) in [6.45, 7) is 12.9. The van der Waals surface area contributed by atoms with E-state index in [0.29, 0.717) is 58.4 Å². The Balaban J connectivity index is 2.17. The van der Waals surface area contributed by atoms with Crippen molar-refractivity contribution < 1.29 is 28.5 Å². The van der Waals surface area contributed by atoms with E-state index in [1.165, 1.54) is 0 Å². The van der Waals surface area contributed by atoms with Gasteiger partial charge in [0.2, 0.25) is 0 Å². The van der Waals surface area contributed by atoms with Gasteiger partial charge >= 0.3 is 12.3 Å². The number of fused-ring (bicyclic) bond motifs is 1. The molecular formula is C30H44O6. The molecule has 0 amide bonds. The van der Waals surface area contributed by atoms with E-state index in [1.807, 2.05) is 38.1 Å². The Morgan fingerprint density at radius 2 is 1.08 bits per heavy atom. The Hall–Kier alpha value is -2.76. The van der Waals surface area contributed by atoms with Crippen molar-refractivity contribution in [3.05, 3.63) is 35.4 Å². The Morgan fingerprint density at radius 1 is 0.694 bits per heavy atom. The molecule has 2 unspecified atom stereocenters. The molecule has 0 spiro atoms. The highest BCUT2D eigenvalue weighted by Gasteiger charge is 2.22. The summed E-state index contributed by atoms with van der Waals surface area (Å²) >= 11 is 0. The lowest BCUT2D eigenvalue weighted by Crippen LogP contribution is -2.19. The first-order valence-corrected chi connectivity index (χ1v) is 13.6. The fraction of sp³-hybridized carbons (Fsp3) is 0.600. The third-order valence-electron chi connectivity index (χ3n) is 6.99. The van der Waals surface area contributed by atoms with Gasteiger partial charge in [0.1, 0.15) is 11.5 Å². The minimum Gasteiger partial charge on any atom is -0.434 e. The molecule has 0 N–H and O–H groups in total. The predicted molar refractivity (Wildman–Crippen MR) is 144 cm³/mol. The van der Waals surface area contributed by atoms with Crippen molar-refractivity contribution in [3.8, 4) is 11.5 Å². The molecule has 0 bridgehead atoms. The molecule has 0 saturated heterocycles. The van der Waals surface area contributed by atoms with Gasteiger partial charge in [0.15, 0.2) is 0 Å². The molecule has 2 aromatic rings. The summed E-state index contributed by atoms with van der Waals surface area (Å²) in [6, 6.07) is 7.40. The average Bonchev–Trinajstić information content (AvgIpc) is 2.89. The van der Waals surface area contributed by atoms with E-state index in [0.717, 1.165) is 51.4 Å². The molecule has 0 aromatic heterocycles. The molecule has 0 fully saturated rings. The first-order chi connectivity index (χ1) is 17.4. The van der Waals surface area contributed by atoms with Crippen LogP contribution in [0.1, 0.15) is 90.2 Å². The van der Waals surface area contributed by atoms with Crippen molar-refractivity contribution in [3.63, 3.8) is 0 Å². The quantitative estimate of drug-likeness (QED) is 0.190. The number of ether oxygens (including phenoxy) is 4. The molecule has 0 saturated carbocycles. The highest BCUT2D eigenvalue weighted by molar-refractivity contribution is 5.98. The molecule has 2 rings (SSSR count). The van der Waals surface area contributed by atoms with E-state index >= 15 is 0 Å². The molecule has 36 heavy (non-hydrogen) atoms. The highest BCUT2D eigenvalue weighted by atomic mass is 16.7. The summed E-state index contributed by atoms with van der Waals surface area (Å²) in [5.74, 6) is 1.49. The minimum atomic E-state index is -0.719. The van der Waals surface area contributed by atoms with Gasteiger partial charge < -0.3 is 18.9 Å². The SMILES string of the molecule is CCCCC(CC)COC(=O)Oc1c(C)c(C)c(OC(=O)OCC(CC)CCCC)c2ccccc12. The van der Waals surface area contributed by atoms with E-state index in [4.69, 9.17) is 18.9 Å². The second-order valence-corrected chi connectivity index (χ2v) is 9.61. The van der Waals surface area contributed by atoms with Crippen molar-refractivity contribution in [2.24, 2.45) is 11.8 Å². The number of rotatable bonds is 14. The molecule has 6 nitrogen and oxygen atoms in total. The van der Waals surface area contributed by atoms with Crippen LogP contribution in [0.15, 0.2) is 24.3 Å². The zero-order valence-electron chi connectivity index (χ0n) is 23.0. The van der Waals surface area contributed by atoms with Crippen molar-refractivity contribution in [2.75, 3.05) is 13.2 Å². The fourth-order valence-electron chi connectivity index (χ4n) is 4.28. The molecule has 200 valence electrons. The third kappa shape index (κ3) is 8.42. The molecule has 0 aliphatic rings. The Bertz CT molecular complexity index is 905. The summed E-state index contributed by atoms with van der Waals surface area (Å²) < 4.78 is 22.3. The van der Waals surface area contributed by atoms with Crippen LogP contribution in [0.5, 0.6) is 11.5 Å². The van der Waals surface area contributed by atoms with Crippen LogP contribution in [0.2, 0.25) is 0 Å². The van der Waals surface area contributed by atoms with Gasteiger partial charge in [-0.3, -0.25) is 0 Å². The molecule has 2 atom stereocenters. The second kappa shape index (κ2) is 15.4. The van der Waals surface area contributed by atoms with Crippen molar-refractivity contribution in [1.82, 2.24) is 0 Å². The smallest absolute Gasteiger partial charge is 0.434 e. The van der Waals surface area contributed by atoms with E-state index in [-0.39, 0.29) is 0 Å². The van der Waals surface area contributed by atoms with E-state index in [2.05, 4.69) is 27.7 Å². The standard InChI is InChI=1S/C30H44O6/c1-7-11-15-23(9-3)19-33-29(31)35-27-21(5)22(6)28(26-18-14-13-17-25(26)27)36-30(32)34-20-24(10-4)16-12-8-2/h13-14,17-18,23-24H,7-12,15-16,19-20H2,1-6H3. The van der Waals surface area contributed by atoms with Gasteiger partial charge in [0, 0.05) is 10.8 Å². The van der Waals surface area contributed by atoms with Crippen molar-refractivity contribution in [1.29, 1.82) is 0 Å². The Kier molecular flexibility index (Phi) is 12.6. The van der Waals surface area contributed by atoms with E-state index in [9.17, 15) is 9.59 Å². The normalized spacial score (nSPS) is 12.7. The van der Waals surface area contributed by atoms with Crippen LogP contribution in [0.25, 0.3) is 10.8 Å². The van der Waals surface area contributed by atoms with Crippen LogP contribution < -0.4 is 9.47 Å². The van der Waals surface area contributed by atoms with Crippen LogP contribution >= 0.6 is 0 Å². The largest absolute Gasteiger partial charge is 0.513 e. The topological polar surface area (TPSA) is 71.1 Å². The summed E-state index contributed by atoms with van der Waals surface area (Å²) in [6.07, 6.45) is 6.98. The lowest BCUT2D eigenvalue weighted by atomic mass is 9.99. The number of hydrogen-bond acceptors (Lipinski definition) is 6. The number of unbranched alkanes of at least 4 members (excludes halogenated alkanes) is 2. The highest BCUT2D eigenvalue weighted by Crippen LogP contribution is 2.40. The van der Waals surface area contributed by atoms with Crippen LogP contribution in [-0.4, -0.2) is 25.5 Å². The van der Waals surface area contributed by atoms with Crippen LogP contribution in [0, 0.1) is 25.7 Å². The number of carbonyl (C=O) groups is 2. The maximum atomic E-state index is 12.6. The molecule has 2 aromatic carbocycles. The molecule has 0 heterocycles. The number of benzene rings is 2. The second-order valence-electron chi connectivity index (χ2n) is 9.61. The summed E-state index contributed by atoms with van der Waals surface area (Å²) in [7, 11) is 0. The van der Waals surface area contributed by atoms with Gasteiger partial charge in [-0.15, -0.1) is 0 Å². The zero-order chi connectivity index (χ0) is 26.5. The van der Waals surface area contributed by atoms with Crippen LogP contribution in [0.3, 0.4) is 0 Å². The van der Waals surface area contributed by atoms with Gasteiger partial charge in [-0.2, -0.15) is 0 Å².